The summed E-state index contributed by atoms with van der Waals surface area (Å²) in [5.74, 6) is -2.07. The molecule has 22 heavy (non-hydrogen) atoms. The molecule has 1 N–H and O–H groups in total. The van der Waals surface area contributed by atoms with Crippen LogP contribution < -0.4 is 0 Å². The summed E-state index contributed by atoms with van der Waals surface area (Å²) in [5.41, 5.74) is 1.73. The molecule has 2 heterocycles. The topological polar surface area (TPSA) is 58.2 Å². The maximum Gasteiger partial charge on any atom is 0.275 e. The minimum Gasteiger partial charge on any atom is -0.383 e. The maximum absolute atomic E-state index is 13.3. The van der Waals surface area contributed by atoms with Crippen molar-refractivity contribution in [3.63, 3.8) is 0 Å². The molecule has 0 spiro atoms. The number of aromatic amines is 1. The molecule has 5 nitrogen and oxygen atoms in total. The van der Waals surface area contributed by atoms with E-state index >= 15 is 0 Å². The second-order valence-corrected chi connectivity index (χ2v) is 5.25. The summed E-state index contributed by atoms with van der Waals surface area (Å²) in [6, 6.07) is 3.46. The van der Waals surface area contributed by atoms with Gasteiger partial charge < -0.3 is 9.64 Å². The predicted octanol–water partition coefficient (Wildman–Crippen LogP) is 1.90. The molecule has 0 saturated heterocycles. The molecule has 3 rings (SSSR count). The quantitative estimate of drug-likeness (QED) is 0.938. The molecular weight excluding hydrogens is 292 g/mol. The molecule has 0 unspecified atom stereocenters. The molecule has 1 aliphatic heterocycles. The molecule has 1 aromatic carbocycles. The van der Waals surface area contributed by atoms with Crippen LogP contribution >= 0.6 is 0 Å². The maximum atomic E-state index is 13.3. The number of hydrogen-bond acceptors (Lipinski definition) is 3. The number of aromatic nitrogens is 2. The van der Waals surface area contributed by atoms with E-state index in [1.165, 1.54) is 6.07 Å². The SMILES string of the molecule is COC[C@H]1Cc2c[nH]nc2C(=O)N1Cc1ccc(F)c(F)c1. The normalized spacial score (nSPS) is 17.7. The van der Waals surface area contributed by atoms with Crippen molar-refractivity contribution < 1.29 is 18.3 Å². The Bertz CT molecular complexity index is 702. The zero-order chi connectivity index (χ0) is 15.7. The highest BCUT2D eigenvalue weighted by molar-refractivity contribution is 5.95. The van der Waals surface area contributed by atoms with Gasteiger partial charge in [-0.15, -0.1) is 0 Å². The van der Waals surface area contributed by atoms with Crippen molar-refractivity contribution in [1.82, 2.24) is 15.1 Å². The Hall–Kier alpha value is -2.28. The van der Waals surface area contributed by atoms with Crippen LogP contribution in [0.5, 0.6) is 0 Å². The van der Waals surface area contributed by atoms with Crippen molar-refractivity contribution in [3.05, 3.63) is 52.9 Å². The average molecular weight is 307 g/mol. The number of amides is 1. The van der Waals surface area contributed by atoms with E-state index in [4.69, 9.17) is 4.74 Å². The van der Waals surface area contributed by atoms with E-state index in [1.54, 1.807) is 18.2 Å². The zero-order valence-corrected chi connectivity index (χ0v) is 12.0. The number of hydrogen-bond donors (Lipinski definition) is 1. The van der Waals surface area contributed by atoms with Gasteiger partial charge in [-0.1, -0.05) is 6.07 Å². The van der Waals surface area contributed by atoms with E-state index in [-0.39, 0.29) is 18.5 Å². The summed E-state index contributed by atoms with van der Waals surface area (Å²) in [6.07, 6.45) is 2.31. The van der Waals surface area contributed by atoms with Crippen molar-refractivity contribution in [2.24, 2.45) is 0 Å². The highest BCUT2D eigenvalue weighted by atomic mass is 19.2. The lowest BCUT2D eigenvalue weighted by Crippen LogP contribution is -2.47. The fraction of sp³-hybridized carbons (Fsp3) is 0.333. The van der Waals surface area contributed by atoms with Crippen molar-refractivity contribution in [2.45, 2.75) is 19.0 Å². The highest BCUT2D eigenvalue weighted by Crippen LogP contribution is 2.24. The number of nitrogens with zero attached hydrogens (tertiary/aromatic N) is 2. The molecule has 2 aromatic rings. The number of carbonyl (C=O) groups excluding carboxylic acids is 1. The van der Waals surface area contributed by atoms with Crippen LogP contribution in [0.4, 0.5) is 8.78 Å². The smallest absolute Gasteiger partial charge is 0.275 e. The summed E-state index contributed by atoms with van der Waals surface area (Å²) in [6.45, 7) is 0.538. The number of benzene rings is 1. The van der Waals surface area contributed by atoms with E-state index < -0.39 is 11.6 Å². The van der Waals surface area contributed by atoms with Gasteiger partial charge in [0, 0.05) is 25.4 Å². The first-order valence-electron chi connectivity index (χ1n) is 6.86. The van der Waals surface area contributed by atoms with E-state index in [1.807, 2.05) is 0 Å². The molecule has 0 saturated carbocycles. The monoisotopic (exact) mass is 307 g/mol. The van der Waals surface area contributed by atoms with Gasteiger partial charge in [0.2, 0.25) is 0 Å². The Morgan fingerprint density at radius 1 is 1.41 bits per heavy atom. The lowest BCUT2D eigenvalue weighted by atomic mass is 9.98. The molecule has 7 heteroatoms. The summed E-state index contributed by atoms with van der Waals surface area (Å²) in [4.78, 5) is 14.1. The van der Waals surface area contributed by atoms with Crippen molar-refractivity contribution in [2.75, 3.05) is 13.7 Å². The molecule has 1 atom stereocenters. The first-order valence-corrected chi connectivity index (χ1v) is 6.86. The van der Waals surface area contributed by atoms with Gasteiger partial charge in [0.05, 0.1) is 12.6 Å². The molecule has 1 aromatic heterocycles. The Morgan fingerprint density at radius 3 is 2.95 bits per heavy atom. The second-order valence-electron chi connectivity index (χ2n) is 5.25. The number of H-pyrrole nitrogens is 1. The van der Waals surface area contributed by atoms with E-state index in [2.05, 4.69) is 10.2 Å². The van der Waals surface area contributed by atoms with E-state index in [0.29, 0.717) is 24.3 Å². The standard InChI is InChI=1S/C15H15F2N3O2/c1-22-8-11-5-10-6-18-19-14(10)15(21)20(11)7-9-2-3-12(16)13(17)4-9/h2-4,6,11H,5,7-8H2,1H3,(H,18,19)/t11-/m1/s1. The lowest BCUT2D eigenvalue weighted by molar-refractivity contribution is 0.0465. The number of carbonyl (C=O) groups is 1. The highest BCUT2D eigenvalue weighted by Gasteiger charge is 2.34. The van der Waals surface area contributed by atoms with Crippen molar-refractivity contribution in [1.29, 1.82) is 0 Å². The number of rotatable bonds is 4. The van der Waals surface area contributed by atoms with E-state index in [0.717, 1.165) is 17.7 Å². The third kappa shape index (κ3) is 2.59. The lowest BCUT2D eigenvalue weighted by Gasteiger charge is -2.34. The van der Waals surface area contributed by atoms with Crippen LogP contribution in [0.2, 0.25) is 0 Å². The summed E-state index contributed by atoms with van der Waals surface area (Å²) in [5, 5.41) is 6.65. The van der Waals surface area contributed by atoms with Gasteiger partial charge in [-0.2, -0.15) is 5.10 Å². The van der Waals surface area contributed by atoms with Crippen LogP contribution in [0.25, 0.3) is 0 Å². The second kappa shape index (κ2) is 5.84. The third-order valence-corrected chi connectivity index (χ3v) is 3.78. The third-order valence-electron chi connectivity index (χ3n) is 3.78. The Labute approximate surface area is 125 Å². The minimum atomic E-state index is -0.925. The fourth-order valence-corrected chi connectivity index (χ4v) is 2.70. The average Bonchev–Trinajstić information content (AvgIpc) is 2.95. The van der Waals surface area contributed by atoms with Crippen LogP contribution in [0, 0.1) is 11.6 Å². The first-order chi connectivity index (χ1) is 10.6. The Morgan fingerprint density at radius 2 is 2.23 bits per heavy atom. The summed E-state index contributed by atoms with van der Waals surface area (Å²) in [7, 11) is 1.56. The Balaban J connectivity index is 1.89. The first kappa shape index (κ1) is 14.6. The van der Waals surface area contributed by atoms with E-state index in [9.17, 15) is 13.6 Å². The number of halogens is 2. The van der Waals surface area contributed by atoms with Gasteiger partial charge in [0.15, 0.2) is 17.3 Å². The number of methoxy groups -OCH3 is 1. The molecule has 0 bridgehead atoms. The molecule has 1 aliphatic rings. The fourth-order valence-electron chi connectivity index (χ4n) is 2.70. The van der Waals surface area contributed by atoms with Crippen molar-refractivity contribution in [3.8, 4) is 0 Å². The summed E-state index contributed by atoms with van der Waals surface area (Å²) >= 11 is 0. The number of fused-ring (bicyclic) bond motifs is 1. The minimum absolute atomic E-state index is 0.171. The number of ether oxygens (including phenoxy) is 1. The van der Waals surface area contributed by atoms with Crippen LogP contribution in [-0.2, 0) is 17.7 Å². The molecular formula is C15H15F2N3O2. The molecule has 1 amide bonds. The Kier molecular flexibility index (Phi) is 3.89. The van der Waals surface area contributed by atoms with Crippen molar-refractivity contribution >= 4 is 5.91 Å². The predicted molar refractivity (Wildman–Crippen MR) is 74.2 cm³/mol. The zero-order valence-electron chi connectivity index (χ0n) is 12.0. The van der Waals surface area contributed by atoms with Crippen LogP contribution in [0.15, 0.2) is 24.4 Å². The van der Waals surface area contributed by atoms with Gasteiger partial charge in [0.25, 0.3) is 5.91 Å². The van der Waals surface area contributed by atoms with Crippen LogP contribution in [0.1, 0.15) is 21.6 Å². The van der Waals surface area contributed by atoms with Gasteiger partial charge in [0.1, 0.15) is 0 Å². The molecule has 0 aliphatic carbocycles. The largest absolute Gasteiger partial charge is 0.383 e. The van der Waals surface area contributed by atoms with Crippen LogP contribution in [-0.4, -0.2) is 40.8 Å². The van der Waals surface area contributed by atoms with Gasteiger partial charge in [-0.3, -0.25) is 9.89 Å². The molecule has 0 fully saturated rings. The van der Waals surface area contributed by atoms with Crippen LogP contribution in [0.3, 0.4) is 0 Å². The van der Waals surface area contributed by atoms with Gasteiger partial charge in [-0.05, 0) is 24.1 Å². The van der Waals surface area contributed by atoms with Gasteiger partial charge >= 0.3 is 0 Å². The summed E-state index contributed by atoms with van der Waals surface area (Å²) < 4.78 is 31.5. The molecule has 116 valence electrons. The number of nitrogens with one attached hydrogen (secondary N) is 1. The molecule has 0 radical (unpaired) electrons. The van der Waals surface area contributed by atoms with Gasteiger partial charge in [-0.25, -0.2) is 8.78 Å².